The number of ether oxygens (including phenoxy) is 1. The molecule has 8 heteroatoms. The van der Waals surface area contributed by atoms with Crippen molar-refractivity contribution >= 4 is 23.8 Å². The molecule has 0 aromatic heterocycles. The number of carbonyl (C=O) groups is 4. The molecule has 1 saturated heterocycles. The topological polar surface area (TPSA) is 105 Å². The quantitative estimate of drug-likeness (QED) is 0.456. The fraction of sp³-hybridized carbons (Fsp3) is 0.524. The molecule has 0 saturated carbocycles. The number of imide groups is 1. The van der Waals surface area contributed by atoms with Gasteiger partial charge in [0, 0.05) is 6.54 Å². The van der Waals surface area contributed by atoms with Gasteiger partial charge in [-0.15, -0.1) is 0 Å². The molecule has 1 fully saturated rings. The highest BCUT2D eigenvalue weighted by molar-refractivity contribution is 6.08. The molecule has 1 heterocycles. The fourth-order valence-corrected chi connectivity index (χ4v) is 3.00. The largest absolute Gasteiger partial charge is 0.454 e. The van der Waals surface area contributed by atoms with Crippen LogP contribution >= 0.6 is 0 Å². The first-order chi connectivity index (χ1) is 13.7. The Hall–Kier alpha value is -2.90. The third kappa shape index (κ3) is 6.58. The minimum atomic E-state index is -1.02. The zero-order valence-electron chi connectivity index (χ0n) is 17.2. The van der Waals surface area contributed by atoms with Crippen molar-refractivity contribution in [1.82, 2.24) is 15.5 Å². The molecule has 8 nitrogen and oxygen atoms in total. The molecule has 158 valence electrons. The van der Waals surface area contributed by atoms with Crippen molar-refractivity contribution in [2.24, 2.45) is 5.92 Å². The Kier molecular flexibility index (Phi) is 7.75. The second kappa shape index (κ2) is 10.0. The van der Waals surface area contributed by atoms with Gasteiger partial charge in [-0.2, -0.15) is 0 Å². The van der Waals surface area contributed by atoms with Gasteiger partial charge in [-0.3, -0.25) is 19.3 Å². The van der Waals surface area contributed by atoms with E-state index in [-0.39, 0.29) is 0 Å². The summed E-state index contributed by atoms with van der Waals surface area (Å²) in [5.74, 6) is -1.31. The lowest BCUT2D eigenvalue weighted by Crippen LogP contribution is -2.44. The third-order valence-electron chi connectivity index (χ3n) is 4.80. The lowest BCUT2D eigenvalue weighted by molar-refractivity contribution is -0.151. The van der Waals surface area contributed by atoms with E-state index < -0.39 is 42.5 Å². The molecule has 0 radical (unpaired) electrons. The van der Waals surface area contributed by atoms with Crippen molar-refractivity contribution in [3.8, 4) is 0 Å². The van der Waals surface area contributed by atoms with Gasteiger partial charge in [0.15, 0.2) is 6.61 Å². The van der Waals surface area contributed by atoms with Crippen LogP contribution in [0.3, 0.4) is 0 Å². The van der Waals surface area contributed by atoms with Crippen LogP contribution in [0.25, 0.3) is 0 Å². The molecule has 2 rings (SSSR count). The molecule has 2 N–H and O–H groups in total. The van der Waals surface area contributed by atoms with Crippen LogP contribution in [0.5, 0.6) is 0 Å². The van der Waals surface area contributed by atoms with E-state index in [1.165, 1.54) is 0 Å². The number of esters is 1. The second-order valence-corrected chi connectivity index (χ2v) is 7.83. The molecular formula is C21H29N3O5. The molecular weight excluding hydrogens is 374 g/mol. The monoisotopic (exact) mass is 403 g/mol. The molecule has 0 unspecified atom stereocenters. The van der Waals surface area contributed by atoms with Crippen molar-refractivity contribution in [3.63, 3.8) is 0 Å². The van der Waals surface area contributed by atoms with Gasteiger partial charge >= 0.3 is 12.0 Å². The Morgan fingerprint density at radius 3 is 2.55 bits per heavy atom. The summed E-state index contributed by atoms with van der Waals surface area (Å²) in [4.78, 5) is 49.3. The number of urea groups is 1. The van der Waals surface area contributed by atoms with E-state index >= 15 is 0 Å². The number of carbonyl (C=O) groups excluding carboxylic acids is 4. The van der Waals surface area contributed by atoms with Crippen LogP contribution in [0, 0.1) is 5.92 Å². The number of rotatable bonds is 10. The number of benzene rings is 1. The average Bonchev–Trinajstić information content (AvgIpc) is 2.89. The number of nitrogens with zero attached hydrogens (tertiary/aromatic N) is 1. The van der Waals surface area contributed by atoms with Crippen LogP contribution in [-0.2, 0) is 25.5 Å². The smallest absolute Gasteiger partial charge is 0.326 e. The summed E-state index contributed by atoms with van der Waals surface area (Å²) < 4.78 is 4.91. The minimum Gasteiger partial charge on any atom is -0.454 e. The van der Waals surface area contributed by atoms with E-state index in [9.17, 15) is 19.2 Å². The Morgan fingerprint density at radius 2 is 1.90 bits per heavy atom. The fourth-order valence-electron chi connectivity index (χ4n) is 3.00. The van der Waals surface area contributed by atoms with E-state index in [2.05, 4.69) is 10.6 Å². The van der Waals surface area contributed by atoms with Gasteiger partial charge in [0.05, 0.1) is 0 Å². The van der Waals surface area contributed by atoms with Crippen LogP contribution in [-0.4, -0.2) is 54.0 Å². The van der Waals surface area contributed by atoms with Crippen molar-refractivity contribution in [2.75, 3.05) is 19.7 Å². The molecule has 1 atom stereocenters. The van der Waals surface area contributed by atoms with Gasteiger partial charge in [0.2, 0.25) is 0 Å². The summed E-state index contributed by atoms with van der Waals surface area (Å²) in [7, 11) is 0. The zero-order chi connectivity index (χ0) is 21.4. The van der Waals surface area contributed by atoms with Gasteiger partial charge < -0.3 is 15.4 Å². The SMILES string of the molecule is CC(C)CC[C@]1(C)NC(=O)N(CC(=O)OCC(=O)NCCc2ccccc2)C1=O. The van der Waals surface area contributed by atoms with Crippen LogP contribution in [0.1, 0.15) is 39.2 Å². The van der Waals surface area contributed by atoms with Gasteiger partial charge in [0.1, 0.15) is 12.1 Å². The molecule has 1 aromatic carbocycles. The summed E-state index contributed by atoms with van der Waals surface area (Å²) in [6.07, 6.45) is 1.92. The van der Waals surface area contributed by atoms with E-state index in [1.54, 1.807) is 6.92 Å². The zero-order valence-corrected chi connectivity index (χ0v) is 17.2. The lowest BCUT2D eigenvalue weighted by Gasteiger charge is -2.22. The number of nitrogens with one attached hydrogen (secondary N) is 2. The van der Waals surface area contributed by atoms with Crippen LogP contribution in [0.2, 0.25) is 0 Å². The summed E-state index contributed by atoms with van der Waals surface area (Å²) in [5, 5.41) is 5.31. The standard InChI is InChI=1S/C21H29N3O5/c1-15(2)9-11-21(3)19(27)24(20(28)23-21)13-18(26)29-14-17(25)22-12-10-16-7-5-4-6-8-16/h4-8,15H,9-14H2,1-3H3,(H,22,25)(H,23,28)/t21-/m0/s1. The summed E-state index contributed by atoms with van der Waals surface area (Å²) in [6.45, 7) is 5.17. The van der Waals surface area contributed by atoms with Crippen LogP contribution in [0.4, 0.5) is 4.79 Å². The maximum absolute atomic E-state index is 12.6. The van der Waals surface area contributed by atoms with E-state index in [0.717, 1.165) is 16.9 Å². The summed E-state index contributed by atoms with van der Waals surface area (Å²) in [5.41, 5.74) is 0.0695. The van der Waals surface area contributed by atoms with Gasteiger partial charge in [-0.1, -0.05) is 44.2 Å². The molecule has 1 aliphatic heterocycles. The van der Waals surface area contributed by atoms with Gasteiger partial charge in [0.25, 0.3) is 11.8 Å². The normalized spacial score (nSPS) is 18.7. The highest BCUT2D eigenvalue weighted by atomic mass is 16.5. The van der Waals surface area contributed by atoms with Crippen molar-refractivity contribution in [1.29, 1.82) is 0 Å². The minimum absolute atomic E-state index is 0.385. The van der Waals surface area contributed by atoms with Crippen molar-refractivity contribution < 1.29 is 23.9 Å². The molecule has 0 spiro atoms. The summed E-state index contributed by atoms with van der Waals surface area (Å²) in [6, 6.07) is 9.05. The molecule has 0 bridgehead atoms. The van der Waals surface area contributed by atoms with E-state index in [4.69, 9.17) is 4.74 Å². The van der Waals surface area contributed by atoms with E-state index in [0.29, 0.717) is 25.3 Å². The maximum atomic E-state index is 12.6. The molecule has 29 heavy (non-hydrogen) atoms. The average molecular weight is 403 g/mol. The Morgan fingerprint density at radius 1 is 1.21 bits per heavy atom. The van der Waals surface area contributed by atoms with Crippen molar-refractivity contribution in [3.05, 3.63) is 35.9 Å². The first-order valence-corrected chi connectivity index (χ1v) is 9.81. The lowest BCUT2D eigenvalue weighted by atomic mass is 9.92. The first-order valence-electron chi connectivity index (χ1n) is 9.81. The highest BCUT2D eigenvalue weighted by Gasteiger charge is 2.48. The van der Waals surface area contributed by atoms with Crippen LogP contribution in [0.15, 0.2) is 30.3 Å². The number of amides is 4. The van der Waals surface area contributed by atoms with Crippen molar-refractivity contribution in [2.45, 2.75) is 45.6 Å². The Labute approximate surface area is 171 Å². The predicted molar refractivity (Wildman–Crippen MR) is 107 cm³/mol. The van der Waals surface area contributed by atoms with Gasteiger partial charge in [-0.25, -0.2) is 4.79 Å². The molecule has 1 aliphatic rings. The molecule has 1 aromatic rings. The molecule has 4 amide bonds. The number of hydrogen-bond donors (Lipinski definition) is 2. The predicted octanol–water partition coefficient (Wildman–Crippen LogP) is 1.64. The third-order valence-corrected chi connectivity index (χ3v) is 4.80. The highest BCUT2D eigenvalue weighted by Crippen LogP contribution is 2.24. The number of hydrogen-bond acceptors (Lipinski definition) is 5. The maximum Gasteiger partial charge on any atom is 0.326 e. The Bertz CT molecular complexity index is 750. The van der Waals surface area contributed by atoms with Crippen LogP contribution < -0.4 is 10.6 Å². The molecule has 0 aliphatic carbocycles. The van der Waals surface area contributed by atoms with Gasteiger partial charge in [-0.05, 0) is 37.7 Å². The Balaban J connectivity index is 1.73. The first kappa shape index (κ1) is 22.4. The second-order valence-electron chi connectivity index (χ2n) is 7.83. The van der Waals surface area contributed by atoms with E-state index in [1.807, 2.05) is 44.2 Å². The summed E-state index contributed by atoms with van der Waals surface area (Å²) >= 11 is 0.